The predicted molar refractivity (Wildman–Crippen MR) is 144 cm³/mol. The van der Waals surface area contributed by atoms with E-state index in [2.05, 4.69) is 20.7 Å². The van der Waals surface area contributed by atoms with Gasteiger partial charge in [0.1, 0.15) is 16.9 Å². The molecule has 2 aromatic rings. The number of likely N-dealkylation sites (N-methyl/N-ethyl adjacent to an activating group) is 1. The average molecular weight is 529 g/mol. The molecule has 1 aromatic heterocycles. The molecular weight excluding hydrogens is 496 g/mol. The Morgan fingerprint density at radius 2 is 2.00 bits per heavy atom. The molecule has 192 valence electrons. The molecule has 0 aliphatic carbocycles. The molecule has 1 aromatic carbocycles. The minimum absolute atomic E-state index is 0.00883. The Balaban J connectivity index is 1.91. The second-order valence-electron chi connectivity index (χ2n) is 8.91. The van der Waals surface area contributed by atoms with Crippen molar-refractivity contribution in [3.63, 3.8) is 0 Å². The van der Waals surface area contributed by atoms with E-state index in [1.807, 2.05) is 33.2 Å². The van der Waals surface area contributed by atoms with Crippen LogP contribution < -0.4 is 9.21 Å². The Morgan fingerprint density at radius 1 is 1.31 bits per heavy atom. The van der Waals surface area contributed by atoms with E-state index in [1.165, 1.54) is 29.4 Å². The Kier molecular flexibility index (Phi) is 9.20. The molecule has 11 heteroatoms. The van der Waals surface area contributed by atoms with Gasteiger partial charge in [0.25, 0.3) is 0 Å². The molecule has 0 bridgehead atoms. The van der Waals surface area contributed by atoms with Gasteiger partial charge in [0.15, 0.2) is 0 Å². The molecule has 0 amide bonds. The minimum Gasteiger partial charge on any atom is -0.373 e. The van der Waals surface area contributed by atoms with Crippen LogP contribution in [-0.2, 0) is 26.9 Å². The normalized spacial score (nSPS) is 16.0. The number of hydrogen-bond acceptors (Lipinski definition) is 8. The number of nitriles is 1. The van der Waals surface area contributed by atoms with Crippen LogP contribution in [0, 0.1) is 17.9 Å². The van der Waals surface area contributed by atoms with Crippen LogP contribution in [0.4, 0.5) is 17.2 Å². The van der Waals surface area contributed by atoms with E-state index in [9.17, 15) is 13.7 Å². The first-order chi connectivity index (χ1) is 17.1. The molecule has 1 fully saturated rings. The molecular formula is C25H32N6O3S2. The number of aromatic nitrogens is 1. The average Bonchev–Trinajstić information content (AvgIpc) is 2.85. The Labute approximate surface area is 218 Å². The van der Waals surface area contributed by atoms with Crippen molar-refractivity contribution >= 4 is 39.0 Å². The number of benzene rings is 1. The molecule has 2 heterocycles. The summed E-state index contributed by atoms with van der Waals surface area (Å²) >= 11 is 1.45. The predicted octanol–water partition coefficient (Wildman–Crippen LogP) is 3.52. The van der Waals surface area contributed by atoms with E-state index in [-0.39, 0.29) is 6.10 Å². The first-order valence-corrected chi connectivity index (χ1v) is 14.4. The molecule has 0 spiro atoms. The summed E-state index contributed by atoms with van der Waals surface area (Å²) in [6.07, 6.45) is 1.73. The third-order valence-corrected chi connectivity index (χ3v) is 8.23. The van der Waals surface area contributed by atoms with E-state index in [4.69, 9.17) is 16.3 Å². The lowest BCUT2D eigenvalue weighted by Gasteiger charge is -2.36. The lowest BCUT2D eigenvalue weighted by Crippen LogP contribution is -2.47. The summed E-state index contributed by atoms with van der Waals surface area (Å²) in [6.45, 7) is 12.4. The highest BCUT2D eigenvalue weighted by atomic mass is 32.2. The number of ether oxygens (including phenoxy) is 1. The number of nitrogens with zero attached hydrogens (tertiary/aromatic N) is 6. The SMILES string of the molecule is [C-]#[N+]c1c(N2CCOC(CN(C)C)C2)nc(SCc2ccc(N(C)S(C)(=O)=O)cc2)c(C#N)c1CC. The first-order valence-electron chi connectivity index (χ1n) is 11.6. The van der Waals surface area contributed by atoms with Crippen molar-refractivity contribution < 1.29 is 13.2 Å². The number of thioether (sulfide) groups is 1. The highest BCUT2D eigenvalue weighted by molar-refractivity contribution is 7.98. The number of hydrogen-bond donors (Lipinski definition) is 0. The largest absolute Gasteiger partial charge is 0.373 e. The lowest BCUT2D eigenvalue weighted by atomic mass is 10.1. The summed E-state index contributed by atoms with van der Waals surface area (Å²) in [6, 6.07) is 9.56. The second-order valence-corrected chi connectivity index (χ2v) is 11.9. The zero-order valence-corrected chi connectivity index (χ0v) is 23.0. The summed E-state index contributed by atoms with van der Waals surface area (Å²) in [5.74, 6) is 1.16. The van der Waals surface area contributed by atoms with Crippen molar-refractivity contribution in [1.29, 1.82) is 5.26 Å². The fraction of sp³-hybridized carbons (Fsp3) is 0.480. The molecule has 1 saturated heterocycles. The van der Waals surface area contributed by atoms with Gasteiger partial charge in [-0.1, -0.05) is 19.1 Å². The van der Waals surface area contributed by atoms with Crippen LogP contribution in [-0.4, -0.2) is 78.0 Å². The van der Waals surface area contributed by atoms with Crippen LogP contribution in [0.1, 0.15) is 23.6 Å². The van der Waals surface area contributed by atoms with Gasteiger partial charge in [-0.05, 0) is 43.8 Å². The second kappa shape index (κ2) is 11.9. The smallest absolute Gasteiger partial charge is 0.232 e. The van der Waals surface area contributed by atoms with Crippen molar-refractivity contribution in [2.75, 3.05) is 62.8 Å². The number of pyridine rings is 1. The van der Waals surface area contributed by atoms with Crippen LogP contribution in [0.5, 0.6) is 0 Å². The Bertz CT molecular complexity index is 1270. The zero-order valence-electron chi connectivity index (χ0n) is 21.4. The summed E-state index contributed by atoms with van der Waals surface area (Å²) in [5, 5.41) is 10.6. The zero-order chi connectivity index (χ0) is 26.5. The van der Waals surface area contributed by atoms with Crippen molar-refractivity contribution in [1.82, 2.24) is 9.88 Å². The van der Waals surface area contributed by atoms with Crippen molar-refractivity contribution in [3.8, 4) is 6.07 Å². The summed E-state index contributed by atoms with van der Waals surface area (Å²) < 4.78 is 30.7. The molecule has 0 saturated carbocycles. The lowest BCUT2D eigenvalue weighted by molar-refractivity contribution is 0.0245. The summed E-state index contributed by atoms with van der Waals surface area (Å²) in [4.78, 5) is 12.8. The molecule has 0 N–H and O–H groups in total. The van der Waals surface area contributed by atoms with Gasteiger partial charge in [-0.25, -0.2) is 18.2 Å². The number of anilines is 2. The van der Waals surface area contributed by atoms with Crippen molar-refractivity contribution in [2.24, 2.45) is 0 Å². The highest BCUT2D eigenvalue weighted by Crippen LogP contribution is 2.39. The molecule has 1 aliphatic rings. The fourth-order valence-corrected chi connectivity index (χ4v) is 5.53. The number of sulfonamides is 1. The number of morpholine rings is 1. The van der Waals surface area contributed by atoms with Crippen LogP contribution in [0.15, 0.2) is 29.3 Å². The van der Waals surface area contributed by atoms with Gasteiger partial charge in [0, 0.05) is 32.4 Å². The molecule has 0 radical (unpaired) electrons. The highest BCUT2D eigenvalue weighted by Gasteiger charge is 2.27. The summed E-state index contributed by atoms with van der Waals surface area (Å²) in [7, 11) is 2.19. The van der Waals surface area contributed by atoms with Gasteiger partial charge in [0.05, 0.1) is 36.8 Å². The van der Waals surface area contributed by atoms with Gasteiger partial charge in [-0.3, -0.25) is 4.31 Å². The van der Waals surface area contributed by atoms with Gasteiger partial charge in [-0.15, -0.1) is 11.8 Å². The van der Waals surface area contributed by atoms with Crippen LogP contribution in [0.2, 0.25) is 0 Å². The third kappa shape index (κ3) is 6.48. The summed E-state index contributed by atoms with van der Waals surface area (Å²) in [5.41, 5.74) is 3.17. The van der Waals surface area contributed by atoms with Crippen molar-refractivity contribution in [2.45, 2.75) is 30.2 Å². The maximum Gasteiger partial charge on any atom is 0.232 e. The van der Waals surface area contributed by atoms with Crippen molar-refractivity contribution in [3.05, 3.63) is 52.4 Å². The molecule has 3 rings (SSSR count). The van der Waals surface area contributed by atoms with E-state index in [0.29, 0.717) is 59.7 Å². The molecule has 1 atom stereocenters. The third-order valence-electron chi connectivity index (χ3n) is 5.98. The minimum atomic E-state index is -3.33. The first kappa shape index (κ1) is 27.8. The van der Waals surface area contributed by atoms with E-state index in [1.54, 1.807) is 12.1 Å². The maximum absolute atomic E-state index is 11.8. The van der Waals surface area contributed by atoms with Gasteiger partial charge < -0.3 is 14.5 Å². The monoisotopic (exact) mass is 528 g/mol. The Hall–Kier alpha value is -2.83. The Morgan fingerprint density at radius 3 is 2.56 bits per heavy atom. The van der Waals surface area contributed by atoms with E-state index < -0.39 is 10.0 Å². The topological polar surface area (TPSA) is 94.1 Å². The molecule has 36 heavy (non-hydrogen) atoms. The molecule has 1 unspecified atom stereocenters. The number of rotatable bonds is 9. The van der Waals surface area contributed by atoms with Gasteiger partial charge in [0.2, 0.25) is 15.7 Å². The molecule has 1 aliphatic heterocycles. The van der Waals surface area contributed by atoms with Crippen LogP contribution in [0.3, 0.4) is 0 Å². The quantitative estimate of drug-likeness (QED) is 0.361. The fourth-order valence-electron chi connectivity index (χ4n) is 4.06. The van der Waals surface area contributed by atoms with Gasteiger partial charge >= 0.3 is 0 Å². The van der Waals surface area contributed by atoms with Crippen LogP contribution in [0.25, 0.3) is 4.85 Å². The van der Waals surface area contributed by atoms with Gasteiger partial charge in [-0.2, -0.15) is 5.26 Å². The standard InChI is InChI=1S/C25H32N6O3S2/c1-7-21-22(14-26)25(35-17-18-8-10-19(11-9-18)30(5)36(6,32)33)28-24(23(21)27-2)31-12-13-34-20(16-31)15-29(3)4/h8-11,20H,7,12-13,15-17H2,1,3-6H3. The molecule has 9 nitrogen and oxygen atoms in total. The van der Waals surface area contributed by atoms with E-state index >= 15 is 0 Å². The van der Waals surface area contributed by atoms with E-state index in [0.717, 1.165) is 17.7 Å². The maximum atomic E-state index is 11.8. The van der Waals surface area contributed by atoms with Crippen LogP contribution >= 0.6 is 11.8 Å².